The van der Waals surface area contributed by atoms with Crippen molar-refractivity contribution in [3.8, 4) is 11.4 Å². The average Bonchev–Trinajstić information content (AvgIpc) is 3.24. The molecule has 1 atom stereocenters. The number of hydrogen-bond donors (Lipinski definition) is 2. The summed E-state index contributed by atoms with van der Waals surface area (Å²) in [5.74, 6) is -1.52. The van der Waals surface area contributed by atoms with Crippen molar-refractivity contribution in [2.75, 3.05) is 0 Å². The van der Waals surface area contributed by atoms with Gasteiger partial charge in [0.1, 0.15) is 18.1 Å². The van der Waals surface area contributed by atoms with Crippen LogP contribution in [0.1, 0.15) is 30.7 Å². The topological polar surface area (TPSA) is 115 Å². The summed E-state index contributed by atoms with van der Waals surface area (Å²) in [6, 6.07) is 5.44. The number of thioether (sulfide) groups is 1. The van der Waals surface area contributed by atoms with Crippen molar-refractivity contribution >= 4 is 17.5 Å². The first-order chi connectivity index (χ1) is 16.1. The maximum absolute atomic E-state index is 14.6. The van der Waals surface area contributed by atoms with E-state index in [4.69, 9.17) is 16.0 Å². The number of benzene rings is 1. The Bertz CT molecular complexity index is 1200. The van der Waals surface area contributed by atoms with Crippen LogP contribution in [0.5, 0.6) is 5.75 Å². The summed E-state index contributed by atoms with van der Waals surface area (Å²) < 4.78 is 36.4. The second-order valence-corrected chi connectivity index (χ2v) is 8.38. The monoisotopic (exact) mass is 469 g/mol. The SMILES string of the molecule is N=N/C(=C\N)c1cc(F)c(OCc2nnc(SC3C=CCCC3)n2-c2cccnc2)cc1F. The molecule has 0 fully saturated rings. The molecule has 3 N–H and O–H groups in total. The number of hydrogen-bond acceptors (Lipinski definition) is 8. The molecule has 2 heterocycles. The molecule has 0 radical (unpaired) electrons. The van der Waals surface area contributed by atoms with Gasteiger partial charge < -0.3 is 10.5 Å². The van der Waals surface area contributed by atoms with Crippen LogP contribution in [0.15, 0.2) is 65.3 Å². The van der Waals surface area contributed by atoms with Crippen LogP contribution in [-0.4, -0.2) is 25.0 Å². The summed E-state index contributed by atoms with van der Waals surface area (Å²) in [6.45, 7) is -0.152. The Kier molecular flexibility index (Phi) is 7.08. The molecule has 0 saturated heterocycles. The third-order valence-corrected chi connectivity index (χ3v) is 6.17. The standard InChI is InChI=1S/C22H21F2N7OS/c23-17-10-20(18(24)9-16(17)19(11-25)28-26)32-13-21-29-30-22(33-15-6-2-1-3-7-15)31(21)14-5-4-8-27-12-14/h2,4-6,8-12,15,26H,1,3,7,13,25H2/b19-11-,28-26?. The van der Waals surface area contributed by atoms with Crippen molar-refractivity contribution in [2.24, 2.45) is 10.8 Å². The van der Waals surface area contributed by atoms with Crippen molar-refractivity contribution in [2.45, 2.75) is 36.3 Å². The van der Waals surface area contributed by atoms with E-state index in [1.807, 2.05) is 6.07 Å². The fourth-order valence-corrected chi connectivity index (χ4v) is 4.54. The highest BCUT2D eigenvalue weighted by molar-refractivity contribution is 7.99. The largest absolute Gasteiger partial charge is 0.482 e. The summed E-state index contributed by atoms with van der Waals surface area (Å²) in [4.78, 5) is 4.17. The fraction of sp³-hybridized carbons (Fsp3) is 0.227. The van der Waals surface area contributed by atoms with E-state index in [9.17, 15) is 8.78 Å². The van der Waals surface area contributed by atoms with E-state index < -0.39 is 11.6 Å². The van der Waals surface area contributed by atoms with Gasteiger partial charge in [-0.25, -0.2) is 14.3 Å². The zero-order valence-electron chi connectivity index (χ0n) is 17.5. The predicted octanol–water partition coefficient (Wildman–Crippen LogP) is 5.01. The van der Waals surface area contributed by atoms with E-state index in [1.165, 1.54) is 0 Å². The highest BCUT2D eigenvalue weighted by Crippen LogP contribution is 2.32. The number of ether oxygens (including phenoxy) is 1. The van der Waals surface area contributed by atoms with Crippen LogP contribution >= 0.6 is 11.8 Å². The Morgan fingerprint density at radius 3 is 2.91 bits per heavy atom. The maximum Gasteiger partial charge on any atom is 0.196 e. The molecular formula is C22H21F2N7OS. The van der Waals surface area contributed by atoms with Gasteiger partial charge in [-0.15, -0.1) is 10.2 Å². The van der Waals surface area contributed by atoms with E-state index in [1.54, 1.807) is 34.8 Å². The molecule has 11 heteroatoms. The molecule has 33 heavy (non-hydrogen) atoms. The number of nitrogens with zero attached hydrogens (tertiary/aromatic N) is 5. The Morgan fingerprint density at radius 2 is 2.21 bits per heavy atom. The molecule has 1 aliphatic carbocycles. The minimum absolute atomic E-state index is 0.152. The predicted molar refractivity (Wildman–Crippen MR) is 120 cm³/mol. The van der Waals surface area contributed by atoms with E-state index in [2.05, 4.69) is 32.4 Å². The molecule has 1 aliphatic rings. The van der Waals surface area contributed by atoms with Crippen molar-refractivity contribution in [3.05, 3.63) is 78.0 Å². The number of allylic oxidation sites excluding steroid dienone is 1. The molecule has 0 bridgehead atoms. The minimum atomic E-state index is -0.816. The first-order valence-corrected chi connectivity index (χ1v) is 11.1. The van der Waals surface area contributed by atoms with E-state index in [0.29, 0.717) is 11.0 Å². The van der Waals surface area contributed by atoms with Gasteiger partial charge in [0.15, 0.2) is 22.5 Å². The van der Waals surface area contributed by atoms with Gasteiger partial charge in [-0.2, -0.15) is 5.11 Å². The van der Waals surface area contributed by atoms with Crippen LogP contribution in [0.25, 0.3) is 11.4 Å². The molecule has 0 aliphatic heterocycles. The third-order valence-electron chi connectivity index (χ3n) is 5.00. The summed E-state index contributed by atoms with van der Waals surface area (Å²) in [5, 5.41) is 12.6. The lowest BCUT2D eigenvalue weighted by Crippen LogP contribution is -2.09. The van der Waals surface area contributed by atoms with Gasteiger partial charge in [-0.1, -0.05) is 23.9 Å². The second-order valence-electron chi connectivity index (χ2n) is 7.18. The van der Waals surface area contributed by atoms with Gasteiger partial charge in [0.05, 0.1) is 11.9 Å². The molecular weight excluding hydrogens is 448 g/mol. The van der Waals surface area contributed by atoms with Crippen LogP contribution in [0, 0.1) is 17.2 Å². The van der Waals surface area contributed by atoms with Crippen LogP contribution in [-0.2, 0) is 6.61 Å². The lowest BCUT2D eigenvalue weighted by molar-refractivity contribution is 0.276. The van der Waals surface area contributed by atoms with Gasteiger partial charge in [-0.3, -0.25) is 9.55 Å². The first kappa shape index (κ1) is 22.6. The Hall–Kier alpha value is -3.60. The highest BCUT2D eigenvalue weighted by atomic mass is 32.2. The molecule has 1 unspecified atom stereocenters. The Morgan fingerprint density at radius 1 is 1.33 bits per heavy atom. The quantitative estimate of drug-likeness (QED) is 0.354. The molecule has 4 rings (SSSR count). The summed E-state index contributed by atoms with van der Waals surface area (Å²) >= 11 is 1.58. The van der Waals surface area contributed by atoms with Gasteiger partial charge in [0, 0.05) is 29.3 Å². The average molecular weight is 470 g/mol. The van der Waals surface area contributed by atoms with Crippen molar-refractivity contribution in [3.63, 3.8) is 0 Å². The van der Waals surface area contributed by atoms with E-state index in [0.717, 1.165) is 43.3 Å². The number of halogens is 2. The first-order valence-electron chi connectivity index (χ1n) is 10.2. The number of nitrogens with one attached hydrogen (secondary N) is 1. The summed E-state index contributed by atoms with van der Waals surface area (Å²) in [6.07, 6.45) is 11.8. The Labute approximate surface area is 193 Å². The van der Waals surface area contributed by atoms with Crippen LogP contribution in [0.2, 0.25) is 0 Å². The lowest BCUT2D eigenvalue weighted by Gasteiger charge is -2.16. The van der Waals surface area contributed by atoms with E-state index >= 15 is 0 Å². The van der Waals surface area contributed by atoms with Crippen molar-refractivity contribution in [1.82, 2.24) is 19.7 Å². The number of rotatable bonds is 8. The van der Waals surface area contributed by atoms with Crippen LogP contribution in [0.3, 0.4) is 0 Å². The second kappa shape index (κ2) is 10.3. The summed E-state index contributed by atoms with van der Waals surface area (Å²) in [7, 11) is 0. The molecule has 0 spiro atoms. The molecule has 3 aromatic rings. The fourth-order valence-electron chi connectivity index (χ4n) is 3.40. The van der Waals surface area contributed by atoms with Crippen molar-refractivity contribution < 1.29 is 13.5 Å². The smallest absolute Gasteiger partial charge is 0.196 e. The molecule has 8 nitrogen and oxygen atoms in total. The summed E-state index contributed by atoms with van der Waals surface area (Å²) in [5.41, 5.74) is 12.7. The van der Waals surface area contributed by atoms with Gasteiger partial charge in [0.2, 0.25) is 0 Å². The maximum atomic E-state index is 14.6. The van der Waals surface area contributed by atoms with Gasteiger partial charge in [-0.05, 0) is 37.5 Å². The molecule has 0 amide bonds. The number of nitrogens with two attached hydrogens (primary N) is 1. The number of pyridine rings is 1. The zero-order valence-corrected chi connectivity index (χ0v) is 18.3. The van der Waals surface area contributed by atoms with E-state index in [-0.39, 0.29) is 28.9 Å². The molecule has 0 saturated carbocycles. The van der Waals surface area contributed by atoms with Crippen LogP contribution < -0.4 is 10.5 Å². The molecule has 2 aromatic heterocycles. The molecule has 1 aromatic carbocycles. The van der Waals surface area contributed by atoms with Crippen LogP contribution in [0.4, 0.5) is 8.78 Å². The molecule has 170 valence electrons. The lowest BCUT2D eigenvalue weighted by atomic mass is 10.1. The number of aromatic nitrogens is 4. The van der Waals surface area contributed by atoms with Gasteiger partial charge >= 0.3 is 0 Å². The highest BCUT2D eigenvalue weighted by Gasteiger charge is 2.21. The minimum Gasteiger partial charge on any atom is -0.482 e. The zero-order chi connectivity index (χ0) is 23.2. The third kappa shape index (κ3) is 5.08. The normalized spacial score (nSPS) is 16.1. The Balaban J connectivity index is 1.61. The van der Waals surface area contributed by atoms with Crippen molar-refractivity contribution in [1.29, 1.82) is 5.53 Å². The van der Waals surface area contributed by atoms with Gasteiger partial charge in [0.25, 0.3) is 0 Å².